The number of carbonyl (C=O) groups is 2. The van der Waals surface area contributed by atoms with Gasteiger partial charge in [0.15, 0.2) is 11.5 Å². The number of hydrazone groups is 1. The molecular formula is C19H18N2O4. The quantitative estimate of drug-likeness (QED) is 0.289. The zero-order chi connectivity index (χ0) is 18.1. The molecule has 0 saturated carbocycles. The van der Waals surface area contributed by atoms with Crippen LogP contribution in [0.3, 0.4) is 0 Å². The van der Waals surface area contributed by atoms with Gasteiger partial charge in [-0.3, -0.25) is 4.79 Å². The molecule has 0 aliphatic heterocycles. The van der Waals surface area contributed by atoms with Crippen molar-refractivity contribution in [2.24, 2.45) is 5.10 Å². The molecule has 2 rings (SSSR count). The fourth-order valence-corrected chi connectivity index (χ4v) is 1.92. The number of hydrogen-bond donors (Lipinski definition) is 1. The van der Waals surface area contributed by atoms with E-state index < -0.39 is 5.97 Å². The molecule has 0 aliphatic rings. The van der Waals surface area contributed by atoms with Crippen LogP contribution < -0.4 is 14.9 Å². The lowest BCUT2D eigenvalue weighted by Crippen LogP contribution is -2.12. The van der Waals surface area contributed by atoms with E-state index >= 15 is 0 Å². The van der Waals surface area contributed by atoms with Gasteiger partial charge in [0.1, 0.15) is 0 Å². The summed E-state index contributed by atoms with van der Waals surface area (Å²) in [6, 6.07) is 14.4. The summed E-state index contributed by atoms with van der Waals surface area (Å²) in [5.74, 6) is -0.101. The molecule has 1 N–H and O–H groups in total. The zero-order valence-corrected chi connectivity index (χ0v) is 13.9. The van der Waals surface area contributed by atoms with Crippen LogP contribution in [-0.2, 0) is 9.59 Å². The van der Waals surface area contributed by atoms with Crippen molar-refractivity contribution in [1.82, 2.24) is 5.43 Å². The first-order valence-electron chi connectivity index (χ1n) is 7.51. The number of hydrogen-bond acceptors (Lipinski definition) is 5. The van der Waals surface area contributed by atoms with Crippen LogP contribution in [0, 0.1) is 0 Å². The maximum Gasteiger partial charge on any atom is 0.336 e. The van der Waals surface area contributed by atoms with Gasteiger partial charge in [-0.05, 0) is 35.4 Å². The molecule has 25 heavy (non-hydrogen) atoms. The molecule has 1 amide bonds. The minimum absolute atomic E-state index is 0.265. The van der Waals surface area contributed by atoms with Gasteiger partial charge in [0, 0.05) is 13.0 Å². The molecule has 6 heteroatoms. The normalized spacial score (nSPS) is 10.8. The Morgan fingerprint density at radius 2 is 1.80 bits per heavy atom. The summed E-state index contributed by atoms with van der Waals surface area (Å²) < 4.78 is 10.5. The second-order valence-electron chi connectivity index (χ2n) is 5.00. The maximum atomic E-state index is 11.9. The van der Waals surface area contributed by atoms with Gasteiger partial charge < -0.3 is 9.47 Å². The maximum absolute atomic E-state index is 11.9. The van der Waals surface area contributed by atoms with Gasteiger partial charge in [-0.1, -0.05) is 30.3 Å². The summed E-state index contributed by atoms with van der Waals surface area (Å²) in [4.78, 5) is 22.7. The first-order chi connectivity index (χ1) is 12.1. The number of amides is 1. The van der Waals surface area contributed by atoms with Crippen molar-refractivity contribution < 1.29 is 19.1 Å². The van der Waals surface area contributed by atoms with E-state index in [1.165, 1.54) is 26.3 Å². The smallest absolute Gasteiger partial charge is 0.336 e. The number of benzene rings is 2. The average molecular weight is 338 g/mol. The van der Waals surface area contributed by atoms with Crippen LogP contribution in [0.15, 0.2) is 59.7 Å². The highest BCUT2D eigenvalue weighted by Crippen LogP contribution is 2.27. The predicted octanol–water partition coefficient (Wildman–Crippen LogP) is 2.78. The van der Waals surface area contributed by atoms with Crippen molar-refractivity contribution in [2.75, 3.05) is 7.11 Å². The number of esters is 1. The fourth-order valence-electron chi connectivity index (χ4n) is 1.92. The number of nitrogens with zero attached hydrogens (tertiary/aromatic N) is 1. The van der Waals surface area contributed by atoms with Gasteiger partial charge in [0.25, 0.3) is 0 Å². The Morgan fingerprint density at radius 3 is 2.48 bits per heavy atom. The molecule has 128 valence electrons. The largest absolute Gasteiger partial charge is 0.493 e. The summed E-state index contributed by atoms with van der Waals surface area (Å²) in [5.41, 5.74) is 3.89. The van der Waals surface area contributed by atoms with Crippen molar-refractivity contribution in [3.05, 3.63) is 65.7 Å². The molecule has 0 atom stereocenters. The number of nitrogens with one attached hydrogen (secondary N) is 1. The Hall–Kier alpha value is -3.41. The van der Waals surface area contributed by atoms with Crippen LogP contribution in [0.5, 0.6) is 11.5 Å². The Bertz CT molecular complexity index is 798. The zero-order valence-electron chi connectivity index (χ0n) is 13.9. The van der Waals surface area contributed by atoms with Gasteiger partial charge in [0.2, 0.25) is 5.91 Å². The Kier molecular flexibility index (Phi) is 6.47. The topological polar surface area (TPSA) is 77.0 Å². The first kappa shape index (κ1) is 17.9. The van der Waals surface area contributed by atoms with Crippen LogP contribution in [0.25, 0.3) is 6.08 Å². The van der Waals surface area contributed by atoms with E-state index in [4.69, 9.17) is 9.47 Å². The van der Waals surface area contributed by atoms with E-state index in [9.17, 15) is 9.59 Å². The van der Waals surface area contributed by atoms with Crippen molar-refractivity contribution in [1.29, 1.82) is 0 Å². The summed E-state index contributed by atoms with van der Waals surface area (Å²) in [7, 11) is 1.47. The molecule has 0 fully saturated rings. The third kappa shape index (κ3) is 5.95. The van der Waals surface area contributed by atoms with Crippen LogP contribution in [-0.4, -0.2) is 25.2 Å². The molecule has 0 bridgehead atoms. The molecular weight excluding hydrogens is 320 g/mol. The SMILES string of the molecule is COc1cc(C=NNC(C)=O)ccc1OC(=O)C=Cc1ccccc1. The minimum Gasteiger partial charge on any atom is -0.493 e. The summed E-state index contributed by atoms with van der Waals surface area (Å²) in [6.07, 6.45) is 4.48. The molecule has 0 radical (unpaired) electrons. The fraction of sp³-hybridized carbons (Fsp3) is 0.105. The highest BCUT2D eigenvalue weighted by molar-refractivity contribution is 5.89. The minimum atomic E-state index is -0.512. The summed E-state index contributed by atoms with van der Waals surface area (Å²) in [6.45, 7) is 1.36. The second kappa shape index (κ2) is 9.02. The van der Waals surface area contributed by atoms with Crippen LogP contribution >= 0.6 is 0 Å². The van der Waals surface area contributed by atoms with Gasteiger partial charge in [0.05, 0.1) is 13.3 Å². The molecule has 6 nitrogen and oxygen atoms in total. The van der Waals surface area contributed by atoms with E-state index in [2.05, 4.69) is 10.5 Å². The molecule has 0 spiro atoms. The van der Waals surface area contributed by atoms with E-state index in [-0.39, 0.29) is 5.91 Å². The van der Waals surface area contributed by atoms with Crippen LogP contribution in [0.4, 0.5) is 0 Å². The molecule has 0 aromatic heterocycles. The van der Waals surface area contributed by atoms with Gasteiger partial charge in [-0.15, -0.1) is 0 Å². The van der Waals surface area contributed by atoms with Gasteiger partial charge in [-0.2, -0.15) is 5.10 Å². The van der Waals surface area contributed by atoms with Crippen LogP contribution in [0.1, 0.15) is 18.1 Å². The van der Waals surface area contributed by atoms with Crippen molar-refractivity contribution >= 4 is 24.2 Å². The molecule has 2 aromatic rings. The predicted molar refractivity (Wildman–Crippen MR) is 95.5 cm³/mol. The average Bonchev–Trinajstić information content (AvgIpc) is 2.61. The van der Waals surface area contributed by atoms with Crippen molar-refractivity contribution in [3.8, 4) is 11.5 Å². The summed E-state index contributed by atoms with van der Waals surface area (Å²) in [5, 5.41) is 3.77. The lowest BCUT2D eigenvalue weighted by Gasteiger charge is -2.08. The molecule has 2 aromatic carbocycles. The van der Waals surface area contributed by atoms with Crippen molar-refractivity contribution in [3.63, 3.8) is 0 Å². The van der Waals surface area contributed by atoms with Crippen molar-refractivity contribution in [2.45, 2.75) is 6.92 Å². The highest BCUT2D eigenvalue weighted by Gasteiger charge is 2.08. The monoisotopic (exact) mass is 338 g/mol. The Balaban J connectivity index is 2.06. The van der Waals surface area contributed by atoms with E-state index in [0.717, 1.165) is 5.56 Å². The Labute approximate surface area is 145 Å². The molecule has 0 aliphatic carbocycles. The molecule has 0 saturated heterocycles. The number of methoxy groups -OCH3 is 1. The van der Waals surface area contributed by atoms with E-state index in [1.807, 2.05) is 30.3 Å². The van der Waals surface area contributed by atoms with E-state index in [1.54, 1.807) is 24.3 Å². The third-order valence-electron chi connectivity index (χ3n) is 3.05. The van der Waals surface area contributed by atoms with Gasteiger partial charge >= 0.3 is 5.97 Å². The standard InChI is InChI=1S/C19H18N2O4/c1-14(22)21-20-13-16-8-10-17(18(12-16)24-2)25-19(23)11-9-15-6-4-3-5-7-15/h3-13H,1-2H3,(H,21,22). The number of ether oxygens (including phenoxy) is 2. The van der Waals surface area contributed by atoms with E-state index in [0.29, 0.717) is 17.1 Å². The first-order valence-corrected chi connectivity index (χ1v) is 7.51. The number of rotatable bonds is 6. The lowest BCUT2D eigenvalue weighted by atomic mass is 10.2. The number of carbonyl (C=O) groups excluding carboxylic acids is 2. The van der Waals surface area contributed by atoms with Crippen LogP contribution in [0.2, 0.25) is 0 Å². The lowest BCUT2D eigenvalue weighted by molar-refractivity contribution is -0.129. The second-order valence-corrected chi connectivity index (χ2v) is 5.00. The Morgan fingerprint density at radius 1 is 1.04 bits per heavy atom. The molecule has 0 unspecified atom stereocenters. The highest BCUT2D eigenvalue weighted by atomic mass is 16.6. The third-order valence-corrected chi connectivity index (χ3v) is 3.05. The molecule has 0 heterocycles. The summed E-state index contributed by atoms with van der Waals surface area (Å²) >= 11 is 0. The van der Waals surface area contributed by atoms with Gasteiger partial charge in [-0.25, -0.2) is 10.2 Å².